The number of hydrogen-bond acceptors (Lipinski definition) is 5. The number of urea groups is 1. The number of benzene rings is 1. The van der Waals surface area contributed by atoms with E-state index < -0.39 is 4.92 Å². The van der Waals surface area contributed by atoms with Crippen molar-refractivity contribution in [1.82, 2.24) is 14.7 Å². The fraction of sp³-hybridized carbons (Fsp3) is 0.600. The zero-order valence-corrected chi connectivity index (χ0v) is 16.5. The molecule has 9 nitrogen and oxygen atoms in total. The van der Waals surface area contributed by atoms with Crippen LogP contribution in [-0.2, 0) is 0 Å². The van der Waals surface area contributed by atoms with E-state index in [1.165, 1.54) is 12.5 Å². The highest BCUT2D eigenvalue weighted by Crippen LogP contribution is 2.32. The number of nitro groups is 1. The Bertz CT molecular complexity index is 796. The molecule has 1 aliphatic carbocycles. The molecule has 1 aromatic carbocycles. The predicted molar refractivity (Wildman–Crippen MR) is 108 cm³/mol. The summed E-state index contributed by atoms with van der Waals surface area (Å²) in [5.74, 6) is -0.226. The van der Waals surface area contributed by atoms with Crippen molar-refractivity contribution in [2.24, 2.45) is 0 Å². The van der Waals surface area contributed by atoms with Gasteiger partial charge in [-0.05, 0) is 44.2 Å². The van der Waals surface area contributed by atoms with Crippen molar-refractivity contribution in [3.8, 4) is 0 Å². The Morgan fingerprint density at radius 2 is 1.55 bits per heavy atom. The van der Waals surface area contributed by atoms with Crippen molar-refractivity contribution in [3.63, 3.8) is 0 Å². The lowest BCUT2D eigenvalue weighted by atomic mass is 10.1. The Morgan fingerprint density at radius 3 is 2.17 bits per heavy atom. The van der Waals surface area contributed by atoms with Gasteiger partial charge in [0.15, 0.2) is 0 Å². The van der Waals surface area contributed by atoms with Gasteiger partial charge in [-0.1, -0.05) is 0 Å². The van der Waals surface area contributed by atoms with Gasteiger partial charge in [0, 0.05) is 56.9 Å². The number of anilines is 1. The molecular weight excluding hydrogens is 374 g/mol. The summed E-state index contributed by atoms with van der Waals surface area (Å²) in [6.45, 7) is 3.48. The SMILES string of the molecule is O=C(c1ccc(NC2CC2)c([N+](=O)[O-])c1)N1CCN(C(=O)N2CCCCC2)CC1. The van der Waals surface area contributed by atoms with Gasteiger partial charge in [0.1, 0.15) is 5.69 Å². The van der Waals surface area contributed by atoms with Crippen molar-refractivity contribution in [2.45, 2.75) is 38.1 Å². The number of nitrogens with zero attached hydrogens (tertiary/aromatic N) is 4. The van der Waals surface area contributed by atoms with E-state index in [1.54, 1.807) is 21.9 Å². The van der Waals surface area contributed by atoms with Gasteiger partial charge >= 0.3 is 6.03 Å². The van der Waals surface area contributed by atoms with Crippen molar-refractivity contribution < 1.29 is 14.5 Å². The van der Waals surface area contributed by atoms with Crippen LogP contribution in [0.5, 0.6) is 0 Å². The largest absolute Gasteiger partial charge is 0.377 e. The molecule has 3 aliphatic rings. The highest BCUT2D eigenvalue weighted by molar-refractivity contribution is 5.96. The summed E-state index contributed by atoms with van der Waals surface area (Å²) in [5.41, 5.74) is 0.710. The molecular formula is C20H27N5O4. The maximum Gasteiger partial charge on any atom is 0.320 e. The molecule has 0 unspecified atom stereocenters. The van der Waals surface area contributed by atoms with Crippen LogP contribution in [0.4, 0.5) is 16.2 Å². The Balaban J connectivity index is 1.38. The molecule has 9 heteroatoms. The van der Waals surface area contributed by atoms with Crippen LogP contribution in [0.3, 0.4) is 0 Å². The highest BCUT2D eigenvalue weighted by Gasteiger charge is 2.30. The van der Waals surface area contributed by atoms with Gasteiger partial charge in [0.05, 0.1) is 4.92 Å². The van der Waals surface area contributed by atoms with Crippen molar-refractivity contribution in [2.75, 3.05) is 44.6 Å². The third-order valence-electron chi connectivity index (χ3n) is 5.84. The van der Waals surface area contributed by atoms with E-state index in [4.69, 9.17) is 0 Å². The minimum absolute atomic E-state index is 0.0583. The summed E-state index contributed by atoms with van der Waals surface area (Å²) < 4.78 is 0. The lowest BCUT2D eigenvalue weighted by Crippen LogP contribution is -2.54. The van der Waals surface area contributed by atoms with Crippen molar-refractivity contribution >= 4 is 23.3 Å². The molecule has 0 bridgehead atoms. The molecule has 3 fully saturated rings. The van der Waals surface area contributed by atoms with Gasteiger partial charge in [-0.25, -0.2) is 4.79 Å². The lowest BCUT2D eigenvalue weighted by Gasteiger charge is -2.38. The van der Waals surface area contributed by atoms with E-state index in [-0.39, 0.29) is 17.6 Å². The Morgan fingerprint density at radius 1 is 0.931 bits per heavy atom. The molecule has 1 aromatic rings. The number of piperazine rings is 1. The van der Waals surface area contributed by atoms with E-state index >= 15 is 0 Å². The summed E-state index contributed by atoms with van der Waals surface area (Å²) in [6, 6.07) is 4.98. The molecule has 2 heterocycles. The van der Waals surface area contributed by atoms with E-state index in [1.807, 2.05) is 4.90 Å². The van der Waals surface area contributed by atoms with Crippen LogP contribution in [0.15, 0.2) is 18.2 Å². The third-order valence-corrected chi connectivity index (χ3v) is 5.84. The second-order valence-corrected chi connectivity index (χ2v) is 8.02. The normalized spacial score (nSPS) is 19.8. The molecule has 1 saturated carbocycles. The van der Waals surface area contributed by atoms with Crippen molar-refractivity contribution in [3.05, 3.63) is 33.9 Å². The number of carbonyl (C=O) groups is 2. The standard InChI is InChI=1S/C20H27N5O4/c26-19(15-4-7-17(21-16-5-6-16)18(14-15)25(28)29)22-10-12-24(13-11-22)20(27)23-8-2-1-3-9-23/h4,7,14,16,21H,1-3,5-6,8-13H2. The Kier molecular flexibility index (Phi) is 5.55. The quantitative estimate of drug-likeness (QED) is 0.617. The first kappa shape index (κ1) is 19.5. The summed E-state index contributed by atoms with van der Waals surface area (Å²) in [5, 5.41) is 14.6. The number of rotatable bonds is 4. The van der Waals surface area contributed by atoms with Gasteiger partial charge in [0.25, 0.3) is 11.6 Å². The van der Waals surface area contributed by atoms with Crippen LogP contribution >= 0.6 is 0 Å². The number of carbonyl (C=O) groups excluding carboxylic acids is 2. The average Bonchev–Trinajstić information content (AvgIpc) is 3.57. The molecule has 0 atom stereocenters. The van der Waals surface area contributed by atoms with Crippen LogP contribution in [0.25, 0.3) is 0 Å². The fourth-order valence-electron chi connectivity index (χ4n) is 3.95. The van der Waals surface area contributed by atoms with Gasteiger partial charge in [0.2, 0.25) is 0 Å². The molecule has 29 heavy (non-hydrogen) atoms. The van der Waals surface area contributed by atoms with Crippen LogP contribution in [0.1, 0.15) is 42.5 Å². The van der Waals surface area contributed by atoms with E-state index in [9.17, 15) is 19.7 Å². The summed E-state index contributed by atoms with van der Waals surface area (Å²) in [4.78, 5) is 41.8. The van der Waals surface area contributed by atoms with Crippen LogP contribution in [0, 0.1) is 10.1 Å². The zero-order valence-electron chi connectivity index (χ0n) is 16.5. The number of hydrogen-bond donors (Lipinski definition) is 1. The minimum Gasteiger partial charge on any atom is -0.377 e. The van der Waals surface area contributed by atoms with Crippen LogP contribution in [0.2, 0.25) is 0 Å². The molecule has 1 N–H and O–H groups in total. The molecule has 0 spiro atoms. The van der Waals surface area contributed by atoms with Crippen LogP contribution < -0.4 is 5.32 Å². The maximum absolute atomic E-state index is 12.9. The summed E-state index contributed by atoms with van der Waals surface area (Å²) >= 11 is 0. The molecule has 2 aliphatic heterocycles. The van der Waals surface area contributed by atoms with Gasteiger partial charge in [-0.2, -0.15) is 0 Å². The monoisotopic (exact) mass is 401 g/mol. The minimum atomic E-state index is -0.448. The topological polar surface area (TPSA) is 99.0 Å². The van der Waals surface area contributed by atoms with Gasteiger partial charge in [-0.15, -0.1) is 0 Å². The van der Waals surface area contributed by atoms with E-state index in [0.29, 0.717) is 43.5 Å². The number of likely N-dealkylation sites (tertiary alicyclic amines) is 1. The number of piperidine rings is 1. The Hall–Kier alpha value is -2.84. The van der Waals surface area contributed by atoms with Crippen molar-refractivity contribution in [1.29, 1.82) is 0 Å². The molecule has 3 amide bonds. The Labute approximate surface area is 169 Å². The van der Waals surface area contributed by atoms with Gasteiger partial charge in [-0.3, -0.25) is 14.9 Å². The molecule has 156 valence electrons. The summed E-state index contributed by atoms with van der Waals surface area (Å²) in [6.07, 6.45) is 5.30. The zero-order chi connectivity index (χ0) is 20.4. The molecule has 4 rings (SSSR count). The third kappa shape index (κ3) is 4.44. The first-order chi connectivity index (χ1) is 14.0. The number of nitrogens with one attached hydrogen (secondary N) is 1. The smallest absolute Gasteiger partial charge is 0.320 e. The highest BCUT2D eigenvalue weighted by atomic mass is 16.6. The second-order valence-electron chi connectivity index (χ2n) is 8.02. The van der Waals surface area contributed by atoms with E-state index in [0.717, 1.165) is 38.8 Å². The maximum atomic E-state index is 12.9. The van der Waals surface area contributed by atoms with Gasteiger partial charge < -0.3 is 20.0 Å². The average molecular weight is 401 g/mol. The lowest BCUT2D eigenvalue weighted by molar-refractivity contribution is -0.384. The first-order valence-electron chi connectivity index (χ1n) is 10.4. The number of amides is 3. The number of nitro benzene ring substituents is 1. The molecule has 0 aromatic heterocycles. The molecule has 0 radical (unpaired) electrons. The predicted octanol–water partition coefficient (Wildman–Crippen LogP) is 2.53. The van der Waals surface area contributed by atoms with Crippen LogP contribution in [-0.4, -0.2) is 76.9 Å². The second kappa shape index (κ2) is 8.26. The first-order valence-corrected chi connectivity index (χ1v) is 10.4. The molecule has 2 saturated heterocycles. The van der Waals surface area contributed by atoms with E-state index in [2.05, 4.69) is 5.32 Å². The fourth-order valence-corrected chi connectivity index (χ4v) is 3.95. The summed E-state index contributed by atoms with van der Waals surface area (Å²) in [7, 11) is 0.